The average Bonchev–Trinajstić information content (AvgIpc) is 2.40. The molecule has 0 spiro atoms. The molecule has 2 amide bonds. The van der Waals surface area contributed by atoms with E-state index >= 15 is 0 Å². The molecule has 1 atom stereocenters. The van der Waals surface area contributed by atoms with Crippen molar-refractivity contribution >= 4 is 12.0 Å². The van der Waals surface area contributed by atoms with Crippen molar-refractivity contribution in [1.82, 2.24) is 15.5 Å². The first-order valence-corrected chi connectivity index (χ1v) is 6.69. The van der Waals surface area contributed by atoms with Gasteiger partial charge in [-0.25, -0.2) is 9.59 Å². The zero-order valence-electron chi connectivity index (χ0n) is 10.5. The first kappa shape index (κ1) is 13.1. The van der Waals surface area contributed by atoms with Crippen LogP contribution in [-0.2, 0) is 4.79 Å². The van der Waals surface area contributed by atoms with E-state index in [1.807, 2.05) is 0 Å². The zero-order chi connectivity index (χ0) is 13.0. The summed E-state index contributed by atoms with van der Waals surface area (Å²) in [7, 11) is 0. The molecule has 2 saturated heterocycles. The van der Waals surface area contributed by atoms with Gasteiger partial charge in [0.1, 0.15) is 6.04 Å². The smallest absolute Gasteiger partial charge is 0.326 e. The average molecular weight is 255 g/mol. The minimum Gasteiger partial charge on any atom is -0.480 e. The highest BCUT2D eigenvalue weighted by atomic mass is 16.4. The van der Waals surface area contributed by atoms with Crippen molar-refractivity contribution in [2.45, 2.75) is 44.2 Å². The van der Waals surface area contributed by atoms with E-state index in [9.17, 15) is 9.59 Å². The first-order valence-electron chi connectivity index (χ1n) is 6.69. The summed E-state index contributed by atoms with van der Waals surface area (Å²) in [5, 5.41) is 15.3. The van der Waals surface area contributed by atoms with Crippen LogP contribution in [0.25, 0.3) is 0 Å². The van der Waals surface area contributed by atoms with E-state index in [4.69, 9.17) is 5.11 Å². The van der Waals surface area contributed by atoms with E-state index in [-0.39, 0.29) is 12.1 Å². The van der Waals surface area contributed by atoms with Crippen molar-refractivity contribution in [3.05, 3.63) is 0 Å². The van der Waals surface area contributed by atoms with Gasteiger partial charge in [0.2, 0.25) is 0 Å². The molecule has 2 rings (SSSR count). The molecule has 0 bridgehead atoms. The third-order valence-electron chi connectivity index (χ3n) is 3.72. The number of likely N-dealkylation sites (tertiary alicyclic amines) is 1. The SMILES string of the molecule is O=C(O)C1CCCCN1C(=O)NC1CCNCC1. The summed E-state index contributed by atoms with van der Waals surface area (Å²) in [6.07, 6.45) is 4.17. The molecule has 18 heavy (non-hydrogen) atoms. The van der Waals surface area contributed by atoms with Crippen molar-refractivity contribution in [1.29, 1.82) is 0 Å². The number of rotatable bonds is 2. The Hall–Kier alpha value is -1.30. The standard InChI is InChI=1S/C12H21N3O3/c16-11(17)10-3-1-2-8-15(10)12(18)14-9-4-6-13-7-5-9/h9-10,13H,1-8H2,(H,14,18)(H,16,17). The fraction of sp³-hybridized carbons (Fsp3) is 0.833. The Morgan fingerprint density at radius 3 is 2.56 bits per heavy atom. The Labute approximate surface area is 107 Å². The number of amides is 2. The highest BCUT2D eigenvalue weighted by Gasteiger charge is 2.32. The first-order chi connectivity index (χ1) is 8.68. The van der Waals surface area contributed by atoms with Crippen LogP contribution in [0.15, 0.2) is 0 Å². The van der Waals surface area contributed by atoms with Gasteiger partial charge in [-0.15, -0.1) is 0 Å². The molecule has 0 aliphatic carbocycles. The molecular weight excluding hydrogens is 234 g/mol. The Morgan fingerprint density at radius 1 is 1.17 bits per heavy atom. The molecule has 2 fully saturated rings. The number of aliphatic carboxylic acids is 1. The monoisotopic (exact) mass is 255 g/mol. The van der Waals surface area contributed by atoms with E-state index in [1.165, 1.54) is 4.90 Å². The molecule has 0 aromatic heterocycles. The van der Waals surface area contributed by atoms with Gasteiger partial charge in [0.25, 0.3) is 0 Å². The molecule has 1 unspecified atom stereocenters. The Bertz CT molecular complexity index is 316. The number of nitrogens with zero attached hydrogens (tertiary/aromatic N) is 1. The molecule has 0 aromatic rings. The van der Waals surface area contributed by atoms with E-state index in [0.717, 1.165) is 38.8 Å². The fourth-order valence-corrected chi connectivity index (χ4v) is 2.66. The van der Waals surface area contributed by atoms with Crippen LogP contribution in [0.3, 0.4) is 0 Å². The van der Waals surface area contributed by atoms with Crippen LogP contribution in [0.1, 0.15) is 32.1 Å². The number of hydrogen-bond acceptors (Lipinski definition) is 3. The lowest BCUT2D eigenvalue weighted by atomic mass is 10.0. The van der Waals surface area contributed by atoms with Crippen molar-refractivity contribution in [3.63, 3.8) is 0 Å². The maximum absolute atomic E-state index is 12.1. The topological polar surface area (TPSA) is 81.7 Å². The normalized spacial score (nSPS) is 25.8. The summed E-state index contributed by atoms with van der Waals surface area (Å²) in [6, 6.07) is -0.690. The molecule has 2 aliphatic rings. The summed E-state index contributed by atoms with van der Waals surface area (Å²) < 4.78 is 0. The summed E-state index contributed by atoms with van der Waals surface area (Å²) >= 11 is 0. The molecule has 6 nitrogen and oxygen atoms in total. The van der Waals surface area contributed by atoms with Gasteiger partial charge in [0.05, 0.1) is 0 Å². The molecule has 2 heterocycles. The van der Waals surface area contributed by atoms with E-state index in [1.54, 1.807) is 0 Å². The van der Waals surface area contributed by atoms with Gasteiger partial charge in [-0.3, -0.25) is 0 Å². The largest absolute Gasteiger partial charge is 0.480 e. The lowest BCUT2D eigenvalue weighted by molar-refractivity contribution is -0.143. The summed E-state index contributed by atoms with van der Waals surface area (Å²) in [4.78, 5) is 24.7. The highest BCUT2D eigenvalue weighted by molar-refractivity contribution is 5.83. The van der Waals surface area contributed by atoms with Crippen molar-refractivity contribution < 1.29 is 14.7 Å². The molecule has 6 heteroatoms. The Balaban J connectivity index is 1.91. The molecule has 3 N–H and O–H groups in total. The second-order valence-electron chi connectivity index (χ2n) is 5.02. The zero-order valence-corrected chi connectivity index (χ0v) is 10.5. The molecule has 2 aliphatic heterocycles. The Kier molecular flexibility index (Phi) is 4.41. The van der Waals surface area contributed by atoms with Gasteiger partial charge in [-0.2, -0.15) is 0 Å². The third kappa shape index (κ3) is 3.13. The Morgan fingerprint density at radius 2 is 1.89 bits per heavy atom. The summed E-state index contributed by atoms with van der Waals surface area (Å²) in [5.74, 6) is -0.893. The van der Waals surface area contributed by atoms with E-state index < -0.39 is 12.0 Å². The molecular formula is C12H21N3O3. The number of carboxylic acid groups (broad SMARTS) is 1. The lowest BCUT2D eigenvalue weighted by Gasteiger charge is -2.35. The number of carbonyl (C=O) groups is 2. The number of urea groups is 1. The number of piperidine rings is 2. The second kappa shape index (κ2) is 6.04. The van der Waals surface area contributed by atoms with Gasteiger partial charge >= 0.3 is 12.0 Å². The molecule has 0 aromatic carbocycles. The van der Waals surface area contributed by atoms with E-state index in [0.29, 0.717) is 13.0 Å². The maximum atomic E-state index is 12.1. The van der Waals surface area contributed by atoms with Crippen LogP contribution < -0.4 is 10.6 Å². The third-order valence-corrected chi connectivity index (χ3v) is 3.72. The van der Waals surface area contributed by atoms with Gasteiger partial charge in [-0.1, -0.05) is 0 Å². The van der Waals surface area contributed by atoms with Crippen molar-refractivity contribution in [2.75, 3.05) is 19.6 Å². The molecule has 0 saturated carbocycles. The van der Waals surface area contributed by atoms with Crippen LogP contribution in [0.2, 0.25) is 0 Å². The predicted octanol–water partition coefficient (Wildman–Crippen LogP) is 0.387. The van der Waals surface area contributed by atoms with Crippen LogP contribution >= 0.6 is 0 Å². The number of nitrogens with one attached hydrogen (secondary N) is 2. The van der Waals surface area contributed by atoms with Crippen LogP contribution in [0.5, 0.6) is 0 Å². The number of hydrogen-bond donors (Lipinski definition) is 3. The van der Waals surface area contributed by atoms with Crippen molar-refractivity contribution in [3.8, 4) is 0 Å². The summed E-state index contributed by atoms with van der Waals surface area (Å²) in [5.41, 5.74) is 0. The number of carbonyl (C=O) groups excluding carboxylic acids is 1. The fourth-order valence-electron chi connectivity index (χ4n) is 2.66. The highest BCUT2D eigenvalue weighted by Crippen LogP contribution is 2.17. The minimum atomic E-state index is -0.893. The maximum Gasteiger partial charge on any atom is 0.326 e. The molecule has 102 valence electrons. The minimum absolute atomic E-state index is 0.176. The van der Waals surface area contributed by atoms with Gasteiger partial charge in [-0.05, 0) is 45.2 Å². The van der Waals surface area contributed by atoms with Crippen molar-refractivity contribution in [2.24, 2.45) is 0 Å². The predicted molar refractivity (Wildman–Crippen MR) is 66.4 cm³/mol. The van der Waals surface area contributed by atoms with Gasteiger partial charge < -0.3 is 20.6 Å². The van der Waals surface area contributed by atoms with Gasteiger partial charge in [0.15, 0.2) is 0 Å². The van der Waals surface area contributed by atoms with E-state index in [2.05, 4.69) is 10.6 Å². The van der Waals surface area contributed by atoms with Crippen LogP contribution in [0.4, 0.5) is 4.79 Å². The van der Waals surface area contributed by atoms with Crippen LogP contribution in [0, 0.1) is 0 Å². The second-order valence-corrected chi connectivity index (χ2v) is 5.02. The summed E-state index contributed by atoms with van der Waals surface area (Å²) in [6.45, 7) is 2.37. The quantitative estimate of drug-likeness (QED) is 0.666. The van der Waals surface area contributed by atoms with Crippen LogP contribution in [-0.4, -0.2) is 53.7 Å². The number of carboxylic acids is 1. The lowest BCUT2D eigenvalue weighted by Crippen LogP contribution is -2.55. The molecule has 0 radical (unpaired) electrons. The van der Waals surface area contributed by atoms with Gasteiger partial charge in [0, 0.05) is 12.6 Å².